The quantitative estimate of drug-likeness (QED) is 0.263. The Hall–Kier alpha value is -3.37. The van der Waals surface area contributed by atoms with Crippen LogP contribution in [0.5, 0.6) is 5.75 Å². The summed E-state index contributed by atoms with van der Waals surface area (Å²) < 4.78 is 36.6. The minimum Gasteiger partial charge on any atom is -0.495 e. The maximum Gasteiger partial charge on any atom is 0.298 e. The third-order valence-electron chi connectivity index (χ3n) is 5.24. The maximum atomic E-state index is 14.5. The fraction of sp³-hybridized carbons (Fsp3) is 0.346. The summed E-state index contributed by atoms with van der Waals surface area (Å²) in [5.74, 6) is 0.473. The van der Waals surface area contributed by atoms with Gasteiger partial charge in [0.15, 0.2) is 11.4 Å². The third-order valence-corrected chi connectivity index (χ3v) is 6.06. The maximum absolute atomic E-state index is 14.5. The fourth-order valence-electron chi connectivity index (χ4n) is 3.34. The number of methoxy groups -OCH3 is 1. The normalized spacial score (nSPS) is 13.1. The lowest BCUT2D eigenvalue weighted by atomic mass is 10.1. The first-order chi connectivity index (χ1) is 17.5. The van der Waals surface area contributed by atoms with E-state index in [1.807, 2.05) is 0 Å². The lowest BCUT2D eigenvalue weighted by Gasteiger charge is -2.21. The van der Waals surface area contributed by atoms with Gasteiger partial charge < -0.3 is 24.3 Å². The van der Waals surface area contributed by atoms with E-state index in [9.17, 15) is 18.8 Å². The molecule has 0 spiro atoms. The molecule has 0 aromatic heterocycles. The van der Waals surface area contributed by atoms with Crippen LogP contribution in [0.15, 0.2) is 60.0 Å². The number of hydrogen-bond donors (Lipinski definition) is 1. The Bertz CT molecular complexity index is 1030. The van der Waals surface area contributed by atoms with Gasteiger partial charge in [0.2, 0.25) is 5.91 Å². The molecule has 0 saturated heterocycles. The van der Waals surface area contributed by atoms with Crippen molar-refractivity contribution in [3.8, 4) is 5.75 Å². The SMILES string of the molecule is CC/C(OC=O)=C(\COC(COc1ccc(CC(SC=O)C(=O)NC)cc1)c1ccccc1F)OC. The lowest BCUT2D eigenvalue weighted by Crippen LogP contribution is -2.31. The minimum absolute atomic E-state index is 0.00483. The van der Waals surface area contributed by atoms with E-state index in [4.69, 9.17) is 18.9 Å². The number of nitrogens with one attached hydrogen (secondary N) is 1. The van der Waals surface area contributed by atoms with Crippen molar-refractivity contribution in [2.24, 2.45) is 0 Å². The molecule has 0 heterocycles. The number of halogens is 1. The predicted molar refractivity (Wildman–Crippen MR) is 134 cm³/mol. The second kappa shape index (κ2) is 15.6. The van der Waals surface area contributed by atoms with E-state index in [1.165, 1.54) is 20.2 Å². The smallest absolute Gasteiger partial charge is 0.298 e. The second-order valence-corrected chi connectivity index (χ2v) is 8.47. The zero-order chi connectivity index (χ0) is 26.3. The van der Waals surface area contributed by atoms with Gasteiger partial charge in [0.05, 0.1) is 12.4 Å². The zero-order valence-corrected chi connectivity index (χ0v) is 21.2. The van der Waals surface area contributed by atoms with Crippen LogP contribution in [0.4, 0.5) is 4.39 Å². The minimum atomic E-state index is -0.785. The summed E-state index contributed by atoms with van der Waals surface area (Å²) >= 11 is 0.919. The molecule has 2 aromatic carbocycles. The molecule has 2 unspecified atom stereocenters. The highest BCUT2D eigenvalue weighted by Gasteiger charge is 2.21. The second-order valence-electron chi connectivity index (χ2n) is 7.43. The molecule has 36 heavy (non-hydrogen) atoms. The first kappa shape index (κ1) is 28.9. The number of benzene rings is 2. The molecule has 2 aromatic rings. The van der Waals surface area contributed by atoms with Crippen molar-refractivity contribution < 1.29 is 37.7 Å². The highest BCUT2D eigenvalue weighted by Crippen LogP contribution is 2.25. The molecule has 0 radical (unpaired) electrons. The largest absolute Gasteiger partial charge is 0.495 e. The van der Waals surface area contributed by atoms with Gasteiger partial charge in [0.25, 0.3) is 6.47 Å². The van der Waals surface area contributed by atoms with Crippen LogP contribution in [0, 0.1) is 5.82 Å². The standard InChI is InChI=1S/C26H30FNO7S/c1-4-22(35-16-29)24(32-3)15-34-23(20-7-5-6-8-21(20)27)14-33-19-11-9-18(10-12-19)13-25(36-17-30)26(31)28-2/h5-12,16-17,23,25H,4,13-15H2,1-3H3,(H,28,31)/b24-22-. The molecule has 2 rings (SSSR count). The van der Waals surface area contributed by atoms with Crippen LogP contribution >= 0.6 is 11.8 Å². The summed E-state index contributed by atoms with van der Waals surface area (Å²) in [7, 11) is 2.95. The molecule has 0 aliphatic rings. The van der Waals surface area contributed by atoms with E-state index in [2.05, 4.69) is 5.32 Å². The summed E-state index contributed by atoms with van der Waals surface area (Å²) in [5, 5.41) is 2.02. The Morgan fingerprint density at radius 1 is 1.11 bits per heavy atom. The fourth-order valence-corrected chi connectivity index (χ4v) is 4.00. The van der Waals surface area contributed by atoms with Crippen molar-refractivity contribution >= 4 is 29.8 Å². The van der Waals surface area contributed by atoms with Crippen LogP contribution in [0.2, 0.25) is 0 Å². The number of allylic oxidation sites excluding steroid dienone is 1. The van der Waals surface area contributed by atoms with E-state index in [-0.39, 0.29) is 19.1 Å². The van der Waals surface area contributed by atoms with Crippen molar-refractivity contribution in [3.05, 3.63) is 77.0 Å². The highest BCUT2D eigenvalue weighted by molar-refractivity contribution is 8.13. The van der Waals surface area contributed by atoms with E-state index in [1.54, 1.807) is 49.4 Å². The Kier molecular flexibility index (Phi) is 12.5. The van der Waals surface area contributed by atoms with Gasteiger partial charge in [-0.15, -0.1) is 0 Å². The Morgan fingerprint density at radius 3 is 2.42 bits per heavy atom. The number of rotatable bonds is 16. The van der Waals surface area contributed by atoms with Crippen LogP contribution in [-0.2, 0) is 35.0 Å². The Labute approximate surface area is 214 Å². The first-order valence-electron chi connectivity index (χ1n) is 11.2. The van der Waals surface area contributed by atoms with E-state index >= 15 is 0 Å². The van der Waals surface area contributed by atoms with Crippen molar-refractivity contribution in [3.63, 3.8) is 0 Å². The number of ether oxygens (including phenoxy) is 4. The summed E-state index contributed by atoms with van der Waals surface area (Å²) in [6.45, 7) is 2.04. The van der Waals surface area contributed by atoms with Gasteiger partial charge in [-0.05, 0) is 30.2 Å². The number of amides is 1. The summed E-state index contributed by atoms with van der Waals surface area (Å²) in [6, 6.07) is 13.3. The number of hydrogen-bond acceptors (Lipinski definition) is 8. The molecule has 194 valence electrons. The van der Waals surface area contributed by atoms with Crippen LogP contribution in [-0.4, -0.2) is 50.6 Å². The molecule has 2 atom stereocenters. The summed E-state index contributed by atoms with van der Waals surface area (Å²) in [6.07, 6.45) is -0.00376. The topological polar surface area (TPSA) is 100 Å². The monoisotopic (exact) mass is 519 g/mol. The number of carbonyl (C=O) groups excluding carboxylic acids is 3. The molecular formula is C26H30FNO7S. The molecule has 1 amide bonds. The first-order valence-corrected chi connectivity index (χ1v) is 12.2. The van der Waals surface area contributed by atoms with Gasteiger partial charge in [-0.3, -0.25) is 14.4 Å². The van der Waals surface area contributed by atoms with E-state index in [0.29, 0.717) is 47.8 Å². The van der Waals surface area contributed by atoms with Crippen LogP contribution in [0.25, 0.3) is 0 Å². The van der Waals surface area contributed by atoms with Crippen LogP contribution in [0.3, 0.4) is 0 Å². The van der Waals surface area contributed by atoms with E-state index < -0.39 is 17.2 Å². The van der Waals surface area contributed by atoms with Gasteiger partial charge in [-0.1, -0.05) is 49.0 Å². The van der Waals surface area contributed by atoms with Crippen molar-refractivity contribution in [2.45, 2.75) is 31.1 Å². The van der Waals surface area contributed by atoms with Gasteiger partial charge in [0, 0.05) is 19.0 Å². The molecule has 0 aliphatic carbocycles. The van der Waals surface area contributed by atoms with Crippen LogP contribution < -0.4 is 10.1 Å². The molecule has 1 N–H and O–H groups in total. The predicted octanol–water partition coefficient (Wildman–Crippen LogP) is 3.98. The van der Waals surface area contributed by atoms with Gasteiger partial charge in [0.1, 0.15) is 36.6 Å². The van der Waals surface area contributed by atoms with Crippen molar-refractivity contribution in [1.29, 1.82) is 0 Å². The van der Waals surface area contributed by atoms with Gasteiger partial charge in [-0.25, -0.2) is 4.39 Å². The van der Waals surface area contributed by atoms with Gasteiger partial charge >= 0.3 is 0 Å². The molecule has 0 aliphatic heterocycles. The third kappa shape index (κ3) is 8.69. The summed E-state index contributed by atoms with van der Waals surface area (Å²) in [5.41, 5.74) is 1.81. The Morgan fingerprint density at radius 2 is 1.83 bits per heavy atom. The lowest BCUT2D eigenvalue weighted by molar-refractivity contribution is -0.125. The highest BCUT2D eigenvalue weighted by atomic mass is 32.2. The number of carbonyl (C=O) groups is 3. The molecule has 8 nitrogen and oxygen atoms in total. The van der Waals surface area contributed by atoms with Crippen molar-refractivity contribution in [1.82, 2.24) is 5.32 Å². The molecule has 0 bridgehead atoms. The van der Waals surface area contributed by atoms with Crippen molar-refractivity contribution in [2.75, 3.05) is 27.4 Å². The number of thioether (sulfide) groups is 1. The molecule has 10 heteroatoms. The average Bonchev–Trinajstić information content (AvgIpc) is 2.90. The van der Waals surface area contributed by atoms with Crippen LogP contribution in [0.1, 0.15) is 30.6 Å². The van der Waals surface area contributed by atoms with E-state index in [0.717, 1.165) is 17.3 Å². The molecule has 0 fully saturated rings. The summed E-state index contributed by atoms with van der Waals surface area (Å²) in [4.78, 5) is 33.6. The molecule has 0 saturated carbocycles. The van der Waals surface area contributed by atoms with Gasteiger partial charge in [-0.2, -0.15) is 0 Å². The Balaban J connectivity index is 2.13. The average molecular weight is 520 g/mol. The zero-order valence-electron chi connectivity index (χ0n) is 20.4. The molecular weight excluding hydrogens is 489 g/mol.